The molecule has 9 heteroatoms. The van der Waals surface area contributed by atoms with Crippen LogP contribution in [-0.2, 0) is 13.0 Å². The smallest absolute Gasteiger partial charge is 0.225 e. The van der Waals surface area contributed by atoms with E-state index in [0.29, 0.717) is 24.0 Å². The molecule has 1 aromatic heterocycles. The Kier molecular flexibility index (Phi) is 8.81. The molecule has 210 valence electrons. The van der Waals surface area contributed by atoms with Crippen LogP contribution in [0.25, 0.3) is 10.9 Å². The molecular formula is C31H36FN5O3. The first-order valence-corrected chi connectivity index (χ1v) is 13.6. The van der Waals surface area contributed by atoms with Crippen LogP contribution in [0.3, 0.4) is 0 Å². The fourth-order valence-electron chi connectivity index (χ4n) is 5.00. The number of hydrogen-bond acceptors (Lipinski definition) is 8. The Balaban J connectivity index is 1.28. The molecule has 1 aliphatic heterocycles. The molecule has 0 atom stereocenters. The first kappa shape index (κ1) is 27.5. The Morgan fingerprint density at radius 2 is 1.52 bits per heavy atom. The molecule has 2 N–H and O–H groups in total. The molecule has 0 saturated carbocycles. The van der Waals surface area contributed by atoms with Gasteiger partial charge in [-0.2, -0.15) is 4.98 Å². The summed E-state index contributed by atoms with van der Waals surface area (Å²) in [7, 11) is 4.92. The van der Waals surface area contributed by atoms with Crippen LogP contribution in [0.5, 0.6) is 17.2 Å². The number of aromatic nitrogens is 2. The molecule has 2 heterocycles. The highest BCUT2D eigenvalue weighted by Gasteiger charge is 2.21. The van der Waals surface area contributed by atoms with Gasteiger partial charge in [0.05, 0.1) is 26.8 Å². The van der Waals surface area contributed by atoms with E-state index in [0.717, 1.165) is 66.9 Å². The van der Waals surface area contributed by atoms with E-state index in [9.17, 15) is 4.39 Å². The number of nitrogens with zero attached hydrogens (tertiary/aromatic N) is 3. The van der Waals surface area contributed by atoms with Crippen molar-refractivity contribution in [2.75, 3.05) is 51.6 Å². The van der Waals surface area contributed by atoms with Crippen LogP contribution in [-0.4, -0.2) is 61.9 Å². The molecule has 0 bridgehead atoms. The van der Waals surface area contributed by atoms with Crippen LogP contribution >= 0.6 is 0 Å². The third-order valence-electron chi connectivity index (χ3n) is 7.37. The van der Waals surface area contributed by atoms with Crippen molar-refractivity contribution in [1.82, 2.24) is 14.9 Å². The van der Waals surface area contributed by atoms with Crippen molar-refractivity contribution in [2.24, 2.45) is 0 Å². The van der Waals surface area contributed by atoms with Gasteiger partial charge in [0.15, 0.2) is 11.5 Å². The van der Waals surface area contributed by atoms with Gasteiger partial charge in [-0.15, -0.1) is 0 Å². The Morgan fingerprint density at radius 1 is 0.850 bits per heavy atom. The first-order chi connectivity index (χ1) is 19.5. The Hall–Kier alpha value is -4.11. The number of rotatable bonds is 11. The number of methoxy groups -OCH3 is 3. The maximum atomic E-state index is 13.3. The van der Waals surface area contributed by atoms with Crippen molar-refractivity contribution in [3.05, 3.63) is 77.6 Å². The molecule has 1 fully saturated rings. The number of piperidine rings is 1. The van der Waals surface area contributed by atoms with Crippen LogP contribution in [0.1, 0.15) is 24.0 Å². The molecule has 1 aliphatic rings. The SMILES string of the molecule is COc1ccc(CCN2CCC(Nc3nc(NCc4ccc(F)cc4)nc4cc(OC)c(OC)cc34)CC2)cc1. The summed E-state index contributed by atoms with van der Waals surface area (Å²) >= 11 is 0. The molecule has 1 saturated heterocycles. The molecule has 0 unspecified atom stereocenters. The topological polar surface area (TPSA) is 80.8 Å². The number of benzene rings is 3. The Morgan fingerprint density at radius 3 is 2.20 bits per heavy atom. The molecular weight excluding hydrogens is 509 g/mol. The fraction of sp³-hybridized carbons (Fsp3) is 0.355. The Bertz CT molecular complexity index is 1410. The van der Waals surface area contributed by atoms with Gasteiger partial charge in [-0.1, -0.05) is 24.3 Å². The number of hydrogen-bond donors (Lipinski definition) is 2. The lowest BCUT2D eigenvalue weighted by Crippen LogP contribution is -2.40. The standard InChI is InChI=1S/C31H36FN5O3/c1-38-25-10-6-21(7-11-25)12-15-37-16-13-24(14-17-37)34-30-26-18-28(39-2)29(40-3)19-27(26)35-31(36-30)33-20-22-4-8-23(32)9-5-22/h4-11,18-19,24H,12-17,20H2,1-3H3,(H2,33,34,35,36). The van der Waals surface area contributed by atoms with E-state index in [1.54, 1.807) is 33.5 Å². The van der Waals surface area contributed by atoms with Crippen molar-refractivity contribution >= 4 is 22.7 Å². The molecule has 0 aliphatic carbocycles. The normalized spacial score (nSPS) is 14.2. The minimum absolute atomic E-state index is 0.259. The van der Waals surface area contributed by atoms with E-state index in [2.05, 4.69) is 27.7 Å². The second kappa shape index (κ2) is 12.8. The monoisotopic (exact) mass is 545 g/mol. The van der Waals surface area contributed by atoms with Crippen molar-refractivity contribution in [2.45, 2.75) is 31.8 Å². The number of ether oxygens (including phenoxy) is 3. The zero-order valence-electron chi connectivity index (χ0n) is 23.2. The average molecular weight is 546 g/mol. The lowest BCUT2D eigenvalue weighted by molar-refractivity contribution is 0.221. The van der Waals surface area contributed by atoms with Gasteiger partial charge < -0.3 is 29.7 Å². The quantitative estimate of drug-likeness (QED) is 0.255. The minimum Gasteiger partial charge on any atom is -0.497 e. The van der Waals surface area contributed by atoms with Gasteiger partial charge >= 0.3 is 0 Å². The molecule has 0 amide bonds. The highest BCUT2D eigenvalue weighted by atomic mass is 19.1. The van der Waals surface area contributed by atoms with Gasteiger partial charge in [0.2, 0.25) is 5.95 Å². The lowest BCUT2D eigenvalue weighted by atomic mass is 10.0. The third-order valence-corrected chi connectivity index (χ3v) is 7.37. The highest BCUT2D eigenvalue weighted by molar-refractivity contribution is 5.92. The maximum absolute atomic E-state index is 13.3. The first-order valence-electron chi connectivity index (χ1n) is 13.6. The van der Waals surface area contributed by atoms with E-state index in [-0.39, 0.29) is 11.9 Å². The summed E-state index contributed by atoms with van der Waals surface area (Å²) in [5.41, 5.74) is 3.00. The maximum Gasteiger partial charge on any atom is 0.225 e. The summed E-state index contributed by atoms with van der Waals surface area (Å²) in [4.78, 5) is 12.1. The highest BCUT2D eigenvalue weighted by Crippen LogP contribution is 2.35. The second-order valence-corrected chi connectivity index (χ2v) is 9.96. The lowest BCUT2D eigenvalue weighted by Gasteiger charge is -2.33. The summed E-state index contributed by atoms with van der Waals surface area (Å²) in [5.74, 6) is 3.10. The van der Waals surface area contributed by atoms with Gasteiger partial charge in [0.25, 0.3) is 0 Å². The average Bonchev–Trinajstić information content (AvgIpc) is 3.00. The second-order valence-electron chi connectivity index (χ2n) is 9.96. The van der Waals surface area contributed by atoms with E-state index < -0.39 is 0 Å². The zero-order valence-corrected chi connectivity index (χ0v) is 23.2. The van der Waals surface area contributed by atoms with Crippen LogP contribution in [0.15, 0.2) is 60.7 Å². The van der Waals surface area contributed by atoms with Gasteiger partial charge in [-0.3, -0.25) is 0 Å². The summed E-state index contributed by atoms with van der Waals surface area (Å²) in [6.45, 7) is 3.54. The number of likely N-dealkylation sites (tertiary alicyclic amines) is 1. The molecule has 40 heavy (non-hydrogen) atoms. The van der Waals surface area contributed by atoms with Gasteiger partial charge in [0, 0.05) is 43.7 Å². The van der Waals surface area contributed by atoms with Crippen molar-refractivity contribution in [1.29, 1.82) is 0 Å². The van der Waals surface area contributed by atoms with Crippen LogP contribution in [0.4, 0.5) is 16.2 Å². The van der Waals surface area contributed by atoms with Crippen molar-refractivity contribution < 1.29 is 18.6 Å². The summed E-state index contributed by atoms with van der Waals surface area (Å²) in [6.07, 6.45) is 3.04. The molecule has 8 nitrogen and oxygen atoms in total. The van der Waals surface area contributed by atoms with Crippen molar-refractivity contribution in [3.8, 4) is 17.2 Å². The number of anilines is 2. The van der Waals surface area contributed by atoms with E-state index in [1.165, 1.54) is 17.7 Å². The van der Waals surface area contributed by atoms with Crippen molar-refractivity contribution in [3.63, 3.8) is 0 Å². The molecule has 0 radical (unpaired) electrons. The predicted octanol–water partition coefficient (Wildman–Crippen LogP) is 5.53. The molecule has 3 aromatic carbocycles. The molecule has 4 aromatic rings. The van der Waals surface area contributed by atoms with Gasteiger partial charge in [-0.25, -0.2) is 9.37 Å². The fourth-order valence-corrected chi connectivity index (χ4v) is 5.00. The molecule has 5 rings (SSSR count). The van der Waals surface area contributed by atoms with Crippen LogP contribution in [0, 0.1) is 5.82 Å². The van der Waals surface area contributed by atoms with E-state index in [1.807, 2.05) is 24.3 Å². The van der Waals surface area contributed by atoms with Crippen LogP contribution in [0.2, 0.25) is 0 Å². The minimum atomic E-state index is -0.259. The van der Waals surface area contributed by atoms with E-state index >= 15 is 0 Å². The number of halogens is 1. The number of fused-ring (bicyclic) bond motifs is 1. The van der Waals surface area contributed by atoms with Gasteiger partial charge in [-0.05, 0) is 60.7 Å². The summed E-state index contributed by atoms with van der Waals surface area (Å²) < 4.78 is 29.7. The van der Waals surface area contributed by atoms with Gasteiger partial charge in [0.1, 0.15) is 17.4 Å². The number of nitrogens with one attached hydrogen (secondary N) is 2. The third kappa shape index (κ3) is 6.71. The Labute approximate surface area is 234 Å². The zero-order chi connectivity index (χ0) is 27.9. The largest absolute Gasteiger partial charge is 0.497 e. The summed E-state index contributed by atoms with van der Waals surface area (Å²) in [6, 6.07) is 18.8. The molecule has 0 spiro atoms. The predicted molar refractivity (Wildman–Crippen MR) is 156 cm³/mol. The summed E-state index contributed by atoms with van der Waals surface area (Å²) in [5, 5.41) is 7.85. The van der Waals surface area contributed by atoms with Crippen LogP contribution < -0.4 is 24.8 Å². The van der Waals surface area contributed by atoms with E-state index in [4.69, 9.17) is 24.2 Å².